The minimum atomic E-state index is -0.208. The maximum absolute atomic E-state index is 11.7. The first-order valence-corrected chi connectivity index (χ1v) is 5.64. The van der Waals surface area contributed by atoms with E-state index in [-0.39, 0.29) is 18.1 Å². The molecule has 0 aliphatic heterocycles. The van der Waals surface area contributed by atoms with E-state index < -0.39 is 0 Å². The number of benzene rings is 1. The first kappa shape index (κ1) is 12.9. The Hall–Kier alpha value is -1.20. The molecule has 1 rings (SSSR count). The Balaban J connectivity index is 3.06. The van der Waals surface area contributed by atoms with Crippen molar-refractivity contribution in [2.45, 2.75) is 13.3 Å². The highest BCUT2D eigenvalue weighted by Gasteiger charge is 2.11. The smallest absolute Gasteiger partial charge is 0.221 e. The maximum atomic E-state index is 11.7. The monoisotopic (exact) mass is 284 g/mol. The number of Topliss-reactive ketones (excluding diaryl/α,β-unsaturated/α-hetero) is 1. The van der Waals surface area contributed by atoms with Crippen LogP contribution in [-0.4, -0.2) is 18.2 Å². The molecule has 4 nitrogen and oxygen atoms in total. The first-order chi connectivity index (χ1) is 7.54. The standard InChI is InChI=1S/C11H13BrN2O2/c1-7(15)14-10-6-8(12)2-3-9(10)11(16)4-5-13/h2-3,6H,4-5,13H2,1H3,(H,14,15). The van der Waals surface area contributed by atoms with Gasteiger partial charge in [-0.25, -0.2) is 0 Å². The molecule has 0 fully saturated rings. The molecule has 0 radical (unpaired) electrons. The van der Waals surface area contributed by atoms with Crippen molar-refractivity contribution in [3.05, 3.63) is 28.2 Å². The number of ketones is 1. The van der Waals surface area contributed by atoms with Crippen LogP contribution in [0.2, 0.25) is 0 Å². The van der Waals surface area contributed by atoms with E-state index in [9.17, 15) is 9.59 Å². The molecular formula is C11H13BrN2O2. The summed E-state index contributed by atoms with van der Waals surface area (Å²) in [4.78, 5) is 22.7. The summed E-state index contributed by atoms with van der Waals surface area (Å²) < 4.78 is 0.806. The van der Waals surface area contributed by atoms with Crippen molar-refractivity contribution < 1.29 is 9.59 Å². The average Bonchev–Trinajstić information content (AvgIpc) is 2.16. The Morgan fingerprint density at radius 3 is 2.69 bits per heavy atom. The van der Waals surface area contributed by atoms with E-state index in [1.807, 2.05) is 0 Å². The lowest BCUT2D eigenvalue weighted by Gasteiger charge is -2.09. The zero-order chi connectivity index (χ0) is 12.1. The second-order valence-corrected chi connectivity index (χ2v) is 4.25. The second kappa shape index (κ2) is 5.77. The molecule has 86 valence electrons. The largest absolute Gasteiger partial charge is 0.330 e. The van der Waals surface area contributed by atoms with Crippen LogP contribution in [0.15, 0.2) is 22.7 Å². The van der Waals surface area contributed by atoms with Gasteiger partial charge in [-0.3, -0.25) is 9.59 Å². The maximum Gasteiger partial charge on any atom is 0.221 e. The minimum absolute atomic E-state index is 0.0706. The Morgan fingerprint density at radius 1 is 1.44 bits per heavy atom. The molecular weight excluding hydrogens is 272 g/mol. The summed E-state index contributed by atoms with van der Waals surface area (Å²) in [5, 5.41) is 2.62. The van der Waals surface area contributed by atoms with Gasteiger partial charge < -0.3 is 11.1 Å². The van der Waals surface area contributed by atoms with Crippen LogP contribution in [-0.2, 0) is 4.79 Å². The fraction of sp³-hybridized carbons (Fsp3) is 0.273. The number of halogens is 1. The third kappa shape index (κ3) is 3.43. The molecule has 0 heterocycles. The summed E-state index contributed by atoms with van der Waals surface area (Å²) in [7, 11) is 0. The minimum Gasteiger partial charge on any atom is -0.330 e. The average molecular weight is 285 g/mol. The van der Waals surface area contributed by atoms with Gasteiger partial charge >= 0.3 is 0 Å². The molecule has 1 amide bonds. The van der Waals surface area contributed by atoms with E-state index in [2.05, 4.69) is 21.2 Å². The molecule has 0 saturated carbocycles. The molecule has 0 aromatic heterocycles. The highest BCUT2D eigenvalue weighted by atomic mass is 79.9. The van der Waals surface area contributed by atoms with Crippen LogP contribution >= 0.6 is 15.9 Å². The molecule has 0 atom stereocenters. The number of nitrogens with two attached hydrogens (primary N) is 1. The number of amides is 1. The number of anilines is 1. The number of hydrogen-bond acceptors (Lipinski definition) is 3. The molecule has 0 aliphatic carbocycles. The van der Waals surface area contributed by atoms with E-state index in [0.29, 0.717) is 17.8 Å². The lowest BCUT2D eigenvalue weighted by Crippen LogP contribution is -2.13. The predicted molar refractivity (Wildman–Crippen MR) is 66.4 cm³/mol. The fourth-order valence-corrected chi connectivity index (χ4v) is 1.68. The highest BCUT2D eigenvalue weighted by Crippen LogP contribution is 2.22. The van der Waals surface area contributed by atoms with Crippen molar-refractivity contribution in [1.29, 1.82) is 0 Å². The summed E-state index contributed by atoms with van der Waals surface area (Å²) in [6.07, 6.45) is 0.272. The lowest BCUT2D eigenvalue weighted by atomic mass is 10.1. The van der Waals surface area contributed by atoms with E-state index >= 15 is 0 Å². The van der Waals surface area contributed by atoms with Crippen LogP contribution < -0.4 is 11.1 Å². The van der Waals surface area contributed by atoms with Gasteiger partial charge in [-0.15, -0.1) is 0 Å². The molecule has 1 aromatic rings. The Morgan fingerprint density at radius 2 is 2.12 bits per heavy atom. The summed E-state index contributed by atoms with van der Waals surface area (Å²) in [6, 6.07) is 5.13. The van der Waals surface area contributed by atoms with Crippen LogP contribution in [0.4, 0.5) is 5.69 Å². The number of rotatable bonds is 4. The summed E-state index contributed by atoms with van der Waals surface area (Å²) >= 11 is 3.29. The molecule has 0 bridgehead atoms. The second-order valence-electron chi connectivity index (χ2n) is 3.33. The molecule has 5 heteroatoms. The van der Waals surface area contributed by atoms with Gasteiger partial charge in [0.25, 0.3) is 0 Å². The van der Waals surface area contributed by atoms with Crippen molar-refractivity contribution >= 4 is 33.3 Å². The van der Waals surface area contributed by atoms with Crippen LogP contribution in [0.5, 0.6) is 0 Å². The number of nitrogens with one attached hydrogen (secondary N) is 1. The van der Waals surface area contributed by atoms with Gasteiger partial charge in [-0.05, 0) is 24.7 Å². The first-order valence-electron chi connectivity index (χ1n) is 4.85. The van der Waals surface area contributed by atoms with E-state index in [0.717, 1.165) is 4.47 Å². The molecule has 1 aromatic carbocycles. The summed E-state index contributed by atoms with van der Waals surface area (Å²) in [6.45, 7) is 1.70. The van der Waals surface area contributed by atoms with Gasteiger partial charge in [0.1, 0.15) is 0 Å². The van der Waals surface area contributed by atoms with E-state index in [1.165, 1.54) is 6.92 Å². The van der Waals surface area contributed by atoms with Gasteiger partial charge in [-0.2, -0.15) is 0 Å². The van der Waals surface area contributed by atoms with Crippen molar-refractivity contribution in [2.24, 2.45) is 5.73 Å². The zero-order valence-electron chi connectivity index (χ0n) is 8.92. The van der Waals surface area contributed by atoms with Crippen molar-refractivity contribution in [2.75, 3.05) is 11.9 Å². The Labute approximate surface area is 102 Å². The topological polar surface area (TPSA) is 72.2 Å². The third-order valence-electron chi connectivity index (χ3n) is 1.96. The summed E-state index contributed by atoms with van der Waals surface area (Å²) in [5.41, 5.74) is 6.33. The lowest BCUT2D eigenvalue weighted by molar-refractivity contribution is -0.114. The third-order valence-corrected chi connectivity index (χ3v) is 2.46. The van der Waals surface area contributed by atoms with Gasteiger partial charge in [0, 0.05) is 23.4 Å². The van der Waals surface area contributed by atoms with Crippen LogP contribution in [0.1, 0.15) is 23.7 Å². The number of carbonyl (C=O) groups is 2. The molecule has 0 aliphatic rings. The van der Waals surface area contributed by atoms with Crippen LogP contribution in [0, 0.1) is 0 Å². The van der Waals surface area contributed by atoms with Gasteiger partial charge in [0.2, 0.25) is 5.91 Å². The van der Waals surface area contributed by atoms with Crippen molar-refractivity contribution in [1.82, 2.24) is 0 Å². The molecule has 3 N–H and O–H groups in total. The van der Waals surface area contributed by atoms with Crippen molar-refractivity contribution in [3.63, 3.8) is 0 Å². The fourth-order valence-electron chi connectivity index (χ4n) is 1.32. The molecule has 0 saturated heterocycles. The number of carbonyl (C=O) groups excluding carboxylic acids is 2. The van der Waals surface area contributed by atoms with E-state index in [4.69, 9.17) is 5.73 Å². The van der Waals surface area contributed by atoms with Gasteiger partial charge in [0.15, 0.2) is 5.78 Å². The zero-order valence-corrected chi connectivity index (χ0v) is 10.5. The van der Waals surface area contributed by atoms with Gasteiger partial charge in [-0.1, -0.05) is 15.9 Å². The summed E-state index contributed by atoms with van der Waals surface area (Å²) in [5.74, 6) is -0.279. The van der Waals surface area contributed by atoms with Crippen LogP contribution in [0.3, 0.4) is 0 Å². The SMILES string of the molecule is CC(=O)Nc1cc(Br)ccc1C(=O)CCN. The van der Waals surface area contributed by atoms with Crippen LogP contribution in [0.25, 0.3) is 0 Å². The Bertz CT molecular complexity index is 418. The predicted octanol–water partition coefficient (Wildman–Crippen LogP) is 1.94. The normalized spacial score (nSPS) is 9.94. The highest BCUT2D eigenvalue weighted by molar-refractivity contribution is 9.10. The molecule has 16 heavy (non-hydrogen) atoms. The molecule has 0 spiro atoms. The van der Waals surface area contributed by atoms with Crippen molar-refractivity contribution in [3.8, 4) is 0 Å². The quantitative estimate of drug-likeness (QED) is 0.830. The molecule has 0 unspecified atom stereocenters. The Kier molecular flexibility index (Phi) is 4.64. The van der Waals surface area contributed by atoms with Gasteiger partial charge in [0.05, 0.1) is 5.69 Å². The van der Waals surface area contributed by atoms with E-state index in [1.54, 1.807) is 18.2 Å². The number of hydrogen-bond donors (Lipinski definition) is 2.